The van der Waals surface area contributed by atoms with Gasteiger partial charge < -0.3 is 0 Å². The maximum atomic E-state index is 9.70. The van der Waals surface area contributed by atoms with Crippen LogP contribution in [0.1, 0.15) is 85.9 Å². The van der Waals surface area contributed by atoms with Crippen molar-refractivity contribution in [2.24, 2.45) is 0 Å². The van der Waals surface area contributed by atoms with Gasteiger partial charge in [-0.3, -0.25) is 0 Å². The Morgan fingerprint density at radius 3 is 1.54 bits per heavy atom. The molecule has 0 fully saturated rings. The Hall–Kier alpha value is -9.18. The molecule has 406 valence electrons. The van der Waals surface area contributed by atoms with Gasteiger partial charge in [0, 0.05) is 0 Å². The first-order chi connectivity index (χ1) is 44.8. The summed E-state index contributed by atoms with van der Waals surface area (Å²) in [5.74, 6) is 0. The van der Waals surface area contributed by atoms with Crippen LogP contribution in [-0.4, -0.2) is 26.2 Å². The average Bonchev–Trinajstić information content (AvgIpc) is 1.64. The molecule has 1 aromatic heterocycles. The first kappa shape index (κ1) is 43.5. The van der Waals surface area contributed by atoms with Gasteiger partial charge in [0.15, 0.2) is 0 Å². The maximum absolute atomic E-state index is 9.70. The minimum atomic E-state index is -0.637. The van der Waals surface area contributed by atoms with Crippen molar-refractivity contribution < 1.29 is 11.0 Å². The Labute approximate surface area is 517 Å². The second kappa shape index (κ2) is 19.4. The molecule has 3 aliphatic rings. The second-order valence-corrected chi connectivity index (χ2v) is 27.2. The van der Waals surface area contributed by atoms with Crippen LogP contribution in [0, 0.1) is 0 Å². The third kappa shape index (κ3) is 7.92. The standard InChI is InChI=1S/C81H63BN2Se/c1-79(2,3)58-46-54(47-59(50-58)80(4,5)6)55-48-73-76-74(49-55)85-78-69(45-43-67-75(78)65-36-19-22-39-66(65)81(67,56-30-15-9-16-31-56)57-32-17-10-18-33-57)82(76)68-44-42-60(83-70-40-23-20-34-63(70)64-35-21-24-41-71(64)83)51-72(68)84(73)77-61(52-26-11-7-12-27-52)37-25-38-62(77)53-28-13-8-14-29-53/h7-51H,1-6H3/i20D,21D,23D,24D,34D,35D,40D,41D. The van der Waals surface area contributed by atoms with Crippen molar-refractivity contribution in [1.82, 2.24) is 4.57 Å². The number of hydrogen-bond donors (Lipinski definition) is 0. The Balaban J connectivity index is 1.08. The molecule has 0 N–H and O–H groups in total. The number of rotatable bonds is 7. The fourth-order valence-corrected chi connectivity index (χ4v) is 16.9. The van der Waals surface area contributed by atoms with Crippen LogP contribution in [0.2, 0.25) is 0 Å². The molecule has 0 radical (unpaired) electrons. The molecule has 0 spiro atoms. The molecule has 0 saturated heterocycles. The topological polar surface area (TPSA) is 8.17 Å². The summed E-state index contributed by atoms with van der Waals surface area (Å²) in [7, 11) is 0. The molecule has 4 heteroatoms. The van der Waals surface area contributed by atoms with E-state index < -0.39 is 29.6 Å². The number of para-hydroxylation sites is 3. The van der Waals surface area contributed by atoms with Gasteiger partial charge in [0.25, 0.3) is 0 Å². The van der Waals surface area contributed by atoms with E-state index in [1.807, 2.05) is 18.2 Å². The normalized spacial score (nSPS) is 15.1. The quantitative estimate of drug-likeness (QED) is 0.144. The molecular formula is C81H63BN2Se. The van der Waals surface area contributed by atoms with Crippen LogP contribution < -0.4 is 30.2 Å². The van der Waals surface area contributed by atoms with E-state index in [4.69, 9.17) is 5.48 Å². The molecule has 13 aromatic rings. The molecule has 0 atom stereocenters. The molecule has 16 rings (SSSR count). The van der Waals surface area contributed by atoms with Gasteiger partial charge in [-0.15, -0.1) is 0 Å². The fraction of sp³-hybridized carbons (Fsp3) is 0.111. The van der Waals surface area contributed by atoms with Gasteiger partial charge in [-0.05, 0) is 0 Å². The van der Waals surface area contributed by atoms with Gasteiger partial charge in [0.2, 0.25) is 0 Å². The first-order valence-corrected chi connectivity index (χ1v) is 31.1. The summed E-state index contributed by atoms with van der Waals surface area (Å²) in [6.07, 6.45) is 0. The van der Waals surface area contributed by atoms with E-state index in [0.29, 0.717) is 5.69 Å². The van der Waals surface area contributed by atoms with E-state index in [2.05, 4.69) is 253 Å². The van der Waals surface area contributed by atoms with Gasteiger partial charge in [0.1, 0.15) is 0 Å². The van der Waals surface area contributed by atoms with Gasteiger partial charge in [0.05, 0.1) is 2.74 Å². The van der Waals surface area contributed by atoms with Crippen LogP contribution in [0.15, 0.2) is 273 Å². The number of aromatic nitrogens is 1. The minimum absolute atomic E-state index is 0.0322. The summed E-state index contributed by atoms with van der Waals surface area (Å²) in [5, 5.41) is 0.0644. The summed E-state index contributed by atoms with van der Waals surface area (Å²) in [4.78, 5) is 2.46. The Kier molecular flexibility index (Phi) is 9.94. The van der Waals surface area contributed by atoms with Crippen molar-refractivity contribution in [2.45, 2.75) is 57.8 Å². The van der Waals surface area contributed by atoms with E-state index in [0.717, 1.165) is 55.9 Å². The predicted molar refractivity (Wildman–Crippen MR) is 363 cm³/mol. The van der Waals surface area contributed by atoms with Gasteiger partial charge in [-0.2, -0.15) is 0 Å². The third-order valence-electron chi connectivity index (χ3n) is 18.1. The van der Waals surface area contributed by atoms with E-state index in [1.54, 1.807) is 4.57 Å². The van der Waals surface area contributed by atoms with E-state index >= 15 is 0 Å². The number of nitrogens with zero attached hydrogens (tertiary/aromatic N) is 2. The van der Waals surface area contributed by atoms with Gasteiger partial charge in [-0.1, -0.05) is 0 Å². The summed E-state index contributed by atoms with van der Waals surface area (Å²) in [6.45, 7) is 13.4. The molecule has 3 heterocycles. The van der Waals surface area contributed by atoms with E-state index in [1.165, 1.54) is 64.4 Å². The zero-order chi connectivity index (χ0) is 64.3. The Morgan fingerprint density at radius 1 is 0.435 bits per heavy atom. The van der Waals surface area contributed by atoms with Crippen molar-refractivity contribution >= 4 is 85.8 Å². The van der Waals surface area contributed by atoms with Crippen LogP contribution in [0.25, 0.3) is 72.0 Å². The van der Waals surface area contributed by atoms with Crippen LogP contribution in [0.3, 0.4) is 0 Å². The van der Waals surface area contributed by atoms with Crippen molar-refractivity contribution in [3.8, 4) is 50.2 Å². The van der Waals surface area contributed by atoms with Crippen LogP contribution in [-0.2, 0) is 16.2 Å². The SMILES string of the molecule is [2H]c1c([2H])c([2H])c2c(c1[2H])c1c([2H])c([2H])c([2H])c([2H])c1n2-c1ccc2c(c1)N(c1c(-c3ccccc3)cccc1-c1ccccc1)c1cc(-c3cc(C(C)(C)C)cc(C(C)(C)C)c3)cc3c1B2c1ccc2c(c1[Se]3)-c1ccccc1C2(c1ccccc1)c1ccccc1. The molecule has 0 saturated carbocycles. The predicted octanol–water partition coefficient (Wildman–Crippen LogP) is 17.0. The van der Waals surface area contributed by atoms with E-state index in [9.17, 15) is 5.48 Å². The number of hydrogen-bond acceptors (Lipinski definition) is 1. The number of benzene rings is 12. The molecule has 2 nitrogen and oxygen atoms in total. The summed E-state index contributed by atoms with van der Waals surface area (Å²) in [6, 6.07) is 78.4. The molecule has 1 aliphatic carbocycles. The van der Waals surface area contributed by atoms with Crippen molar-refractivity contribution in [3.63, 3.8) is 0 Å². The molecule has 12 aromatic carbocycles. The van der Waals surface area contributed by atoms with Crippen LogP contribution >= 0.6 is 0 Å². The second-order valence-electron chi connectivity index (χ2n) is 25.0. The zero-order valence-electron chi connectivity index (χ0n) is 56.2. The molecule has 2 aliphatic heterocycles. The average molecular weight is 1160 g/mol. The van der Waals surface area contributed by atoms with Crippen molar-refractivity contribution in [1.29, 1.82) is 0 Å². The first-order valence-electron chi connectivity index (χ1n) is 33.4. The molecule has 0 bridgehead atoms. The van der Waals surface area contributed by atoms with Crippen molar-refractivity contribution in [3.05, 3.63) is 306 Å². The summed E-state index contributed by atoms with van der Waals surface area (Å²) < 4.78 is 78.8. The number of fused-ring (bicyclic) bond motifs is 11. The molecule has 0 unspecified atom stereocenters. The van der Waals surface area contributed by atoms with Crippen molar-refractivity contribution in [2.75, 3.05) is 4.90 Å². The van der Waals surface area contributed by atoms with E-state index in [-0.39, 0.29) is 78.5 Å². The zero-order valence-corrected chi connectivity index (χ0v) is 50.0. The Morgan fingerprint density at radius 2 is 0.953 bits per heavy atom. The monoisotopic (exact) mass is 1160 g/mol. The van der Waals surface area contributed by atoms with Crippen LogP contribution in [0.4, 0.5) is 17.1 Å². The molecule has 0 amide bonds. The third-order valence-corrected chi connectivity index (χ3v) is 20.6. The molecular weight excluding hydrogens is 1090 g/mol. The van der Waals surface area contributed by atoms with Crippen LogP contribution in [0.5, 0.6) is 0 Å². The fourth-order valence-electron chi connectivity index (χ4n) is 14.1. The van der Waals surface area contributed by atoms with Gasteiger partial charge in [-0.25, -0.2) is 0 Å². The van der Waals surface area contributed by atoms with Gasteiger partial charge >= 0.3 is 518 Å². The molecule has 85 heavy (non-hydrogen) atoms. The number of anilines is 3. The summed E-state index contributed by atoms with van der Waals surface area (Å²) in [5.41, 5.74) is 21.8. The Bertz CT molecular complexity index is 5100. The summed E-state index contributed by atoms with van der Waals surface area (Å²) >= 11 is -0.290.